The molecule has 2 aromatic carbocycles. The van der Waals surface area contributed by atoms with Crippen LogP contribution in [0.1, 0.15) is 28.8 Å². The summed E-state index contributed by atoms with van der Waals surface area (Å²) >= 11 is 0. The molecule has 1 amide bonds. The Bertz CT molecular complexity index is 937. The maximum atomic E-state index is 13.1. The minimum Gasteiger partial charge on any atom is -0.493 e. The highest BCUT2D eigenvalue weighted by molar-refractivity contribution is 6.04. The summed E-state index contributed by atoms with van der Waals surface area (Å²) < 4.78 is 11.4. The summed E-state index contributed by atoms with van der Waals surface area (Å²) in [4.78, 5) is 19.3. The second-order valence-corrected chi connectivity index (χ2v) is 6.82. The molecule has 6 heteroatoms. The van der Waals surface area contributed by atoms with Gasteiger partial charge >= 0.3 is 0 Å². The molecule has 28 heavy (non-hydrogen) atoms. The molecule has 2 heterocycles. The molecule has 2 aromatic rings. The molecule has 0 fully saturated rings. The largest absolute Gasteiger partial charge is 0.493 e. The molecule has 1 N–H and O–H groups in total. The highest BCUT2D eigenvalue weighted by Gasteiger charge is 2.32. The van der Waals surface area contributed by atoms with E-state index in [0.717, 1.165) is 11.1 Å². The SMILES string of the molecule is COc1cc2c(cc1OCc1ccccc1)N=C[C@@H]1CC(CCO)=CN1C2=O. The molecule has 0 saturated carbocycles. The number of carbonyl (C=O) groups excluding carboxylic acids is 1. The first kappa shape index (κ1) is 18.3. The number of hydrogen-bond donors (Lipinski definition) is 1. The molecular formula is C22H22N2O4. The van der Waals surface area contributed by atoms with E-state index in [-0.39, 0.29) is 18.6 Å². The van der Waals surface area contributed by atoms with Crippen LogP contribution in [0.15, 0.2) is 59.2 Å². The molecule has 2 aliphatic rings. The van der Waals surface area contributed by atoms with Gasteiger partial charge < -0.3 is 19.5 Å². The summed E-state index contributed by atoms with van der Waals surface area (Å²) in [6.07, 6.45) is 4.88. The van der Waals surface area contributed by atoms with Crippen LogP contribution in [0.5, 0.6) is 11.5 Å². The van der Waals surface area contributed by atoms with E-state index in [1.807, 2.05) is 36.5 Å². The molecule has 4 rings (SSSR count). The number of carbonyl (C=O) groups is 1. The maximum absolute atomic E-state index is 13.1. The van der Waals surface area contributed by atoms with Crippen molar-refractivity contribution >= 4 is 17.8 Å². The summed E-state index contributed by atoms with van der Waals surface area (Å²) in [6, 6.07) is 13.2. The van der Waals surface area contributed by atoms with E-state index in [4.69, 9.17) is 14.6 Å². The number of benzene rings is 2. The molecule has 0 radical (unpaired) electrons. The van der Waals surface area contributed by atoms with Crippen LogP contribution in [0.4, 0.5) is 5.69 Å². The number of aliphatic imine (C=N–C) groups is 1. The first-order valence-corrected chi connectivity index (χ1v) is 9.25. The Hall–Kier alpha value is -3.12. The van der Waals surface area contributed by atoms with Crippen molar-refractivity contribution in [3.63, 3.8) is 0 Å². The summed E-state index contributed by atoms with van der Waals surface area (Å²) in [6.45, 7) is 0.472. The Morgan fingerprint density at radius 1 is 1.21 bits per heavy atom. The number of aliphatic hydroxyl groups is 1. The molecule has 0 aromatic heterocycles. The lowest BCUT2D eigenvalue weighted by Crippen LogP contribution is -2.32. The Balaban J connectivity index is 1.63. The van der Waals surface area contributed by atoms with Crippen LogP contribution < -0.4 is 9.47 Å². The number of ether oxygens (including phenoxy) is 2. The van der Waals surface area contributed by atoms with Crippen LogP contribution in [0.25, 0.3) is 0 Å². The third kappa shape index (κ3) is 3.51. The van der Waals surface area contributed by atoms with Crippen molar-refractivity contribution in [1.29, 1.82) is 0 Å². The van der Waals surface area contributed by atoms with Gasteiger partial charge in [0.25, 0.3) is 5.91 Å². The van der Waals surface area contributed by atoms with E-state index >= 15 is 0 Å². The number of fused-ring (bicyclic) bond motifs is 2. The van der Waals surface area contributed by atoms with Crippen molar-refractivity contribution in [3.8, 4) is 11.5 Å². The van der Waals surface area contributed by atoms with E-state index < -0.39 is 0 Å². The van der Waals surface area contributed by atoms with Crippen LogP contribution >= 0.6 is 0 Å². The zero-order valence-corrected chi connectivity index (χ0v) is 15.7. The van der Waals surface area contributed by atoms with Gasteiger partial charge in [0, 0.05) is 25.1 Å². The van der Waals surface area contributed by atoms with Gasteiger partial charge in [-0.25, -0.2) is 0 Å². The molecule has 0 bridgehead atoms. The summed E-state index contributed by atoms with van der Waals surface area (Å²) in [5.74, 6) is 0.919. The van der Waals surface area contributed by atoms with E-state index in [2.05, 4.69) is 4.99 Å². The van der Waals surface area contributed by atoms with E-state index in [0.29, 0.717) is 42.2 Å². The van der Waals surface area contributed by atoms with Crippen LogP contribution in [0, 0.1) is 0 Å². The molecule has 0 spiro atoms. The number of amides is 1. The van der Waals surface area contributed by atoms with Crippen molar-refractivity contribution < 1.29 is 19.4 Å². The lowest BCUT2D eigenvalue weighted by Gasteiger charge is -2.19. The Morgan fingerprint density at radius 2 is 2.04 bits per heavy atom. The number of nitrogens with zero attached hydrogens (tertiary/aromatic N) is 2. The quantitative estimate of drug-likeness (QED) is 0.836. The lowest BCUT2D eigenvalue weighted by molar-refractivity contribution is 0.0817. The fourth-order valence-electron chi connectivity index (χ4n) is 3.50. The highest BCUT2D eigenvalue weighted by Crippen LogP contribution is 2.39. The van der Waals surface area contributed by atoms with Gasteiger partial charge in [0.15, 0.2) is 11.5 Å². The smallest absolute Gasteiger partial charge is 0.260 e. The predicted octanol–water partition coefficient (Wildman–Crippen LogP) is 3.47. The predicted molar refractivity (Wildman–Crippen MR) is 106 cm³/mol. The molecule has 0 aliphatic carbocycles. The van der Waals surface area contributed by atoms with Gasteiger partial charge in [0.05, 0.1) is 24.4 Å². The van der Waals surface area contributed by atoms with E-state index in [9.17, 15) is 4.79 Å². The van der Waals surface area contributed by atoms with Crippen molar-refractivity contribution in [2.75, 3.05) is 13.7 Å². The van der Waals surface area contributed by atoms with Crippen molar-refractivity contribution in [3.05, 3.63) is 65.4 Å². The molecule has 1 atom stereocenters. The first-order valence-electron chi connectivity index (χ1n) is 9.25. The average Bonchev–Trinajstić information content (AvgIpc) is 3.08. The Labute approximate surface area is 163 Å². The third-order valence-electron chi connectivity index (χ3n) is 4.95. The van der Waals surface area contributed by atoms with Gasteiger partial charge in [0.1, 0.15) is 6.61 Å². The van der Waals surface area contributed by atoms with Gasteiger partial charge in [-0.3, -0.25) is 9.79 Å². The van der Waals surface area contributed by atoms with Gasteiger partial charge in [-0.15, -0.1) is 0 Å². The first-order chi connectivity index (χ1) is 13.7. The third-order valence-corrected chi connectivity index (χ3v) is 4.95. The van der Waals surface area contributed by atoms with Crippen molar-refractivity contribution in [2.24, 2.45) is 4.99 Å². The Kier molecular flexibility index (Phi) is 5.12. The van der Waals surface area contributed by atoms with Gasteiger partial charge in [-0.1, -0.05) is 30.3 Å². The van der Waals surface area contributed by atoms with Gasteiger partial charge in [0.2, 0.25) is 0 Å². The van der Waals surface area contributed by atoms with E-state index in [1.54, 1.807) is 30.4 Å². The van der Waals surface area contributed by atoms with Crippen molar-refractivity contribution in [1.82, 2.24) is 4.90 Å². The highest BCUT2D eigenvalue weighted by atomic mass is 16.5. The molecule has 2 aliphatic heterocycles. The molecule has 6 nitrogen and oxygen atoms in total. The number of rotatable bonds is 6. The van der Waals surface area contributed by atoms with E-state index in [1.165, 1.54) is 0 Å². The number of hydrogen-bond acceptors (Lipinski definition) is 5. The molecule has 144 valence electrons. The summed E-state index contributed by atoms with van der Waals surface area (Å²) in [5.41, 5.74) is 3.14. The fraction of sp³-hybridized carbons (Fsp3) is 0.273. The second-order valence-electron chi connectivity index (χ2n) is 6.82. The summed E-state index contributed by atoms with van der Waals surface area (Å²) in [5, 5.41) is 9.16. The summed E-state index contributed by atoms with van der Waals surface area (Å²) in [7, 11) is 1.56. The zero-order valence-electron chi connectivity index (χ0n) is 15.7. The van der Waals surface area contributed by atoms with Crippen LogP contribution in [0.3, 0.4) is 0 Å². The topological polar surface area (TPSA) is 71.4 Å². The van der Waals surface area contributed by atoms with Gasteiger partial charge in [-0.2, -0.15) is 0 Å². The standard InChI is InChI=1S/C22H22N2O4/c1-27-20-10-18-19(11-21(20)28-14-15-5-3-2-4-6-15)23-12-17-9-16(7-8-25)13-24(17)22(18)26/h2-6,10-13,17,25H,7-9,14H2,1H3/t17-/m0/s1. The minimum absolute atomic E-state index is 0.0737. The van der Waals surface area contributed by atoms with Crippen LogP contribution in [-0.2, 0) is 6.61 Å². The minimum atomic E-state index is -0.127. The Morgan fingerprint density at radius 3 is 2.79 bits per heavy atom. The van der Waals surface area contributed by atoms with Crippen molar-refractivity contribution in [2.45, 2.75) is 25.5 Å². The van der Waals surface area contributed by atoms with Crippen LogP contribution in [-0.4, -0.2) is 41.9 Å². The molecular weight excluding hydrogens is 356 g/mol. The second kappa shape index (κ2) is 7.86. The van der Waals surface area contributed by atoms with Crippen LogP contribution in [0.2, 0.25) is 0 Å². The molecule has 0 saturated heterocycles. The lowest BCUT2D eigenvalue weighted by atomic mass is 10.1. The number of methoxy groups -OCH3 is 1. The normalized spacial score (nSPS) is 17.6. The number of aliphatic hydroxyl groups excluding tert-OH is 1. The molecule has 0 unspecified atom stereocenters. The fourth-order valence-corrected chi connectivity index (χ4v) is 3.50. The average molecular weight is 378 g/mol. The monoisotopic (exact) mass is 378 g/mol. The maximum Gasteiger partial charge on any atom is 0.260 e. The van der Waals surface area contributed by atoms with Gasteiger partial charge in [-0.05, 0) is 30.0 Å². The zero-order chi connectivity index (χ0) is 19.5.